The van der Waals surface area contributed by atoms with Gasteiger partial charge in [0.1, 0.15) is 12.2 Å². The van der Waals surface area contributed by atoms with E-state index >= 15 is 0 Å². The van der Waals surface area contributed by atoms with E-state index in [0.717, 1.165) is 18.4 Å². The quantitative estimate of drug-likeness (QED) is 0.600. The Bertz CT molecular complexity index is 692. The van der Waals surface area contributed by atoms with Gasteiger partial charge in [-0.1, -0.05) is 55.0 Å². The summed E-state index contributed by atoms with van der Waals surface area (Å²) < 4.78 is 25.0. The zero-order valence-corrected chi connectivity index (χ0v) is 17.8. The highest BCUT2D eigenvalue weighted by Crippen LogP contribution is 2.45. The van der Waals surface area contributed by atoms with Crippen molar-refractivity contribution >= 4 is 0 Å². The fourth-order valence-corrected chi connectivity index (χ4v) is 4.01. The molecule has 0 amide bonds. The fourth-order valence-electron chi connectivity index (χ4n) is 4.01. The van der Waals surface area contributed by atoms with Crippen LogP contribution in [0.1, 0.15) is 59.3 Å². The number of hydrogen-bond donors (Lipinski definition) is 0. The summed E-state index contributed by atoms with van der Waals surface area (Å²) in [6, 6.07) is 10.0. The van der Waals surface area contributed by atoms with Gasteiger partial charge in [-0.25, -0.2) is 0 Å². The van der Waals surface area contributed by atoms with Gasteiger partial charge in [0.15, 0.2) is 12.1 Å². The average molecular weight is 387 g/mol. The molecule has 1 aromatic carbocycles. The lowest BCUT2D eigenvalue weighted by Crippen LogP contribution is -2.63. The number of hydrogen-bond acceptors (Lipinski definition) is 4. The molecule has 0 bridgehead atoms. The molecule has 2 heterocycles. The van der Waals surface area contributed by atoms with E-state index in [1.165, 1.54) is 5.57 Å². The van der Waals surface area contributed by atoms with Crippen LogP contribution in [0.15, 0.2) is 54.6 Å². The van der Waals surface area contributed by atoms with Gasteiger partial charge < -0.3 is 18.9 Å². The molecular weight excluding hydrogens is 352 g/mol. The van der Waals surface area contributed by atoms with Gasteiger partial charge in [0.2, 0.25) is 0 Å². The normalized spacial score (nSPS) is 31.3. The molecule has 0 saturated carbocycles. The van der Waals surface area contributed by atoms with Crippen LogP contribution in [0, 0.1) is 5.41 Å². The molecule has 5 atom stereocenters. The van der Waals surface area contributed by atoms with Crippen molar-refractivity contribution in [2.24, 2.45) is 5.41 Å². The summed E-state index contributed by atoms with van der Waals surface area (Å²) in [4.78, 5) is 0. The van der Waals surface area contributed by atoms with Crippen LogP contribution in [-0.4, -0.2) is 30.7 Å². The lowest BCUT2D eigenvalue weighted by atomic mass is 9.75. The highest BCUT2D eigenvalue weighted by Gasteiger charge is 2.53. The molecule has 0 spiro atoms. The SMILES string of the molecule is C=CC(C)(CCC=C(C)C)[C@H]1OC(C)(C)O[C@@H]2CO[C@H](c3ccccc3)O[C@@H]21. The number of ether oxygens (including phenoxy) is 4. The third-order valence-corrected chi connectivity index (χ3v) is 5.63. The highest BCUT2D eigenvalue weighted by molar-refractivity contribution is 5.17. The van der Waals surface area contributed by atoms with Crippen molar-refractivity contribution in [2.75, 3.05) is 6.61 Å². The maximum Gasteiger partial charge on any atom is 0.184 e. The molecule has 0 aliphatic carbocycles. The molecule has 0 aromatic heterocycles. The van der Waals surface area contributed by atoms with Crippen LogP contribution in [0.2, 0.25) is 0 Å². The first-order valence-corrected chi connectivity index (χ1v) is 10.2. The number of fused-ring (bicyclic) bond motifs is 1. The third-order valence-electron chi connectivity index (χ3n) is 5.63. The van der Waals surface area contributed by atoms with Crippen molar-refractivity contribution in [1.82, 2.24) is 0 Å². The predicted molar refractivity (Wildman–Crippen MR) is 111 cm³/mol. The van der Waals surface area contributed by atoms with Crippen molar-refractivity contribution in [3.63, 3.8) is 0 Å². The first-order valence-electron chi connectivity index (χ1n) is 10.2. The molecule has 2 fully saturated rings. The van der Waals surface area contributed by atoms with E-state index in [-0.39, 0.29) is 23.7 Å². The first kappa shape index (κ1) is 21.3. The number of benzene rings is 1. The van der Waals surface area contributed by atoms with Crippen LogP contribution in [-0.2, 0) is 18.9 Å². The molecule has 28 heavy (non-hydrogen) atoms. The van der Waals surface area contributed by atoms with Crippen molar-refractivity contribution in [2.45, 2.75) is 77.8 Å². The van der Waals surface area contributed by atoms with E-state index in [1.807, 2.05) is 50.3 Å². The molecule has 4 nitrogen and oxygen atoms in total. The van der Waals surface area contributed by atoms with Crippen molar-refractivity contribution in [3.05, 3.63) is 60.2 Å². The maximum atomic E-state index is 6.45. The second kappa shape index (κ2) is 8.50. The zero-order valence-electron chi connectivity index (χ0n) is 17.8. The summed E-state index contributed by atoms with van der Waals surface area (Å²) in [6.07, 6.45) is 5.23. The summed E-state index contributed by atoms with van der Waals surface area (Å²) in [5, 5.41) is 0. The fraction of sp³-hybridized carbons (Fsp3) is 0.583. The largest absolute Gasteiger partial charge is 0.346 e. The Balaban J connectivity index is 1.85. The molecule has 4 heteroatoms. The Morgan fingerprint density at radius 2 is 1.93 bits per heavy atom. The summed E-state index contributed by atoms with van der Waals surface area (Å²) >= 11 is 0. The molecule has 2 aliphatic heterocycles. The van der Waals surface area contributed by atoms with E-state index in [0.29, 0.717) is 6.61 Å². The molecule has 2 aliphatic rings. The van der Waals surface area contributed by atoms with Gasteiger partial charge in [0.25, 0.3) is 0 Å². The molecule has 2 saturated heterocycles. The Labute approximate surface area is 169 Å². The second-order valence-electron chi connectivity index (χ2n) is 8.80. The topological polar surface area (TPSA) is 36.9 Å². The van der Waals surface area contributed by atoms with Crippen LogP contribution in [0.3, 0.4) is 0 Å². The maximum absolute atomic E-state index is 6.45. The van der Waals surface area contributed by atoms with Crippen LogP contribution in [0.5, 0.6) is 0 Å². The molecule has 3 rings (SSSR count). The van der Waals surface area contributed by atoms with Gasteiger partial charge in [0, 0.05) is 11.0 Å². The third kappa shape index (κ3) is 4.74. The lowest BCUT2D eigenvalue weighted by molar-refractivity contribution is -0.399. The van der Waals surface area contributed by atoms with E-state index in [1.54, 1.807) is 0 Å². The Morgan fingerprint density at radius 3 is 2.57 bits per heavy atom. The molecule has 1 aromatic rings. The van der Waals surface area contributed by atoms with Crippen molar-refractivity contribution < 1.29 is 18.9 Å². The van der Waals surface area contributed by atoms with Gasteiger partial charge in [0.05, 0.1) is 12.7 Å². The van der Waals surface area contributed by atoms with Crippen LogP contribution in [0.4, 0.5) is 0 Å². The van der Waals surface area contributed by atoms with Gasteiger partial charge >= 0.3 is 0 Å². The highest BCUT2D eigenvalue weighted by atomic mass is 16.8. The minimum absolute atomic E-state index is 0.167. The van der Waals surface area contributed by atoms with Gasteiger partial charge in [-0.2, -0.15) is 0 Å². The first-order chi connectivity index (χ1) is 13.2. The van der Waals surface area contributed by atoms with Crippen molar-refractivity contribution in [3.8, 4) is 0 Å². The summed E-state index contributed by atoms with van der Waals surface area (Å²) in [5.74, 6) is -0.696. The van der Waals surface area contributed by atoms with Gasteiger partial charge in [-0.3, -0.25) is 0 Å². The standard InChI is InChI=1S/C24H34O4/c1-7-24(6,15-11-12-17(2)3)21-20-19(27-23(4,5)28-21)16-25-22(26-20)18-13-9-8-10-14-18/h7-10,12-14,19-22H,1,11,15-16H2,2-6H3/t19-,20+,21+,22+,24?/m1/s1. The molecule has 1 unspecified atom stereocenters. The minimum Gasteiger partial charge on any atom is -0.346 e. The molecule has 0 N–H and O–H groups in total. The monoisotopic (exact) mass is 386 g/mol. The summed E-state index contributed by atoms with van der Waals surface area (Å²) in [5.41, 5.74) is 2.09. The van der Waals surface area contributed by atoms with Crippen LogP contribution in [0.25, 0.3) is 0 Å². The molecule has 154 valence electrons. The van der Waals surface area contributed by atoms with Crippen molar-refractivity contribution in [1.29, 1.82) is 0 Å². The number of allylic oxidation sites excluding steroid dienone is 2. The Morgan fingerprint density at radius 1 is 1.21 bits per heavy atom. The van der Waals surface area contributed by atoms with Crippen LogP contribution >= 0.6 is 0 Å². The zero-order chi connectivity index (χ0) is 20.4. The summed E-state index contributed by atoms with van der Waals surface area (Å²) in [7, 11) is 0. The van der Waals surface area contributed by atoms with E-state index in [4.69, 9.17) is 18.9 Å². The second-order valence-corrected chi connectivity index (χ2v) is 8.80. The summed E-state index contributed by atoms with van der Waals surface area (Å²) in [6.45, 7) is 15.0. The van der Waals surface area contributed by atoms with Crippen LogP contribution < -0.4 is 0 Å². The smallest absolute Gasteiger partial charge is 0.184 e. The minimum atomic E-state index is -0.696. The van der Waals surface area contributed by atoms with Gasteiger partial charge in [-0.15, -0.1) is 6.58 Å². The van der Waals surface area contributed by atoms with E-state index in [2.05, 4.69) is 33.4 Å². The predicted octanol–water partition coefficient (Wildman–Crippen LogP) is 5.56. The Hall–Kier alpha value is -1.46. The number of rotatable bonds is 6. The average Bonchev–Trinajstić information content (AvgIpc) is 2.66. The Kier molecular flexibility index (Phi) is 6.45. The molecular formula is C24H34O4. The molecule has 0 radical (unpaired) electrons. The van der Waals surface area contributed by atoms with E-state index < -0.39 is 12.1 Å². The van der Waals surface area contributed by atoms with E-state index in [9.17, 15) is 0 Å². The van der Waals surface area contributed by atoms with Gasteiger partial charge in [-0.05, 0) is 40.5 Å². The lowest BCUT2D eigenvalue weighted by Gasteiger charge is -2.53.